The Morgan fingerprint density at radius 1 is 1.28 bits per heavy atom. The zero-order valence-corrected chi connectivity index (χ0v) is 14.7. The first-order valence-corrected chi connectivity index (χ1v) is 8.66. The summed E-state index contributed by atoms with van der Waals surface area (Å²) < 4.78 is 18.6. The summed E-state index contributed by atoms with van der Waals surface area (Å²) >= 11 is 7.12. The smallest absolute Gasteiger partial charge is 0.277 e. The van der Waals surface area contributed by atoms with Crippen LogP contribution < -0.4 is 5.32 Å². The molecule has 0 spiro atoms. The zero-order chi connectivity index (χ0) is 17.8. The van der Waals surface area contributed by atoms with E-state index < -0.39 is 0 Å². The Balaban J connectivity index is 1.58. The number of thioether (sulfide) groups is 1. The summed E-state index contributed by atoms with van der Waals surface area (Å²) in [6.45, 7) is 1.88. The fourth-order valence-corrected chi connectivity index (χ4v) is 2.74. The van der Waals surface area contributed by atoms with Gasteiger partial charge in [0.1, 0.15) is 5.82 Å². The SMILES string of the molecule is Cc1ccc(NC(=O)CSc2nnc(-c3cccc(F)c3)o2)cc1Cl. The summed E-state index contributed by atoms with van der Waals surface area (Å²) in [5.41, 5.74) is 2.04. The van der Waals surface area contributed by atoms with Crippen LogP contribution in [-0.2, 0) is 4.79 Å². The zero-order valence-electron chi connectivity index (χ0n) is 13.1. The van der Waals surface area contributed by atoms with E-state index in [1.54, 1.807) is 24.3 Å². The lowest BCUT2D eigenvalue weighted by Gasteiger charge is -2.05. The molecule has 0 radical (unpaired) electrons. The van der Waals surface area contributed by atoms with Crippen LogP contribution in [0.5, 0.6) is 0 Å². The van der Waals surface area contributed by atoms with E-state index in [-0.39, 0.29) is 28.6 Å². The number of amides is 1. The monoisotopic (exact) mass is 377 g/mol. The van der Waals surface area contributed by atoms with Gasteiger partial charge in [-0.05, 0) is 42.8 Å². The van der Waals surface area contributed by atoms with Crippen molar-refractivity contribution in [2.45, 2.75) is 12.1 Å². The molecule has 5 nitrogen and oxygen atoms in total. The highest BCUT2D eigenvalue weighted by atomic mass is 35.5. The predicted molar refractivity (Wildman–Crippen MR) is 95.2 cm³/mol. The number of nitrogens with one attached hydrogen (secondary N) is 1. The molecule has 0 atom stereocenters. The average molecular weight is 378 g/mol. The van der Waals surface area contributed by atoms with Crippen LogP contribution in [0, 0.1) is 12.7 Å². The highest BCUT2D eigenvalue weighted by Crippen LogP contribution is 2.24. The maximum atomic E-state index is 13.2. The summed E-state index contributed by atoms with van der Waals surface area (Å²) in [5.74, 6) is -0.319. The van der Waals surface area contributed by atoms with Gasteiger partial charge in [0.25, 0.3) is 5.22 Å². The van der Waals surface area contributed by atoms with Gasteiger partial charge in [-0.1, -0.05) is 35.5 Å². The lowest BCUT2D eigenvalue weighted by atomic mass is 10.2. The van der Waals surface area contributed by atoms with Gasteiger partial charge in [0, 0.05) is 16.3 Å². The van der Waals surface area contributed by atoms with E-state index in [1.165, 1.54) is 12.1 Å². The fourth-order valence-electron chi connectivity index (χ4n) is 2.00. The molecule has 0 saturated carbocycles. The summed E-state index contributed by atoms with van der Waals surface area (Å²) in [7, 11) is 0. The number of carbonyl (C=O) groups is 1. The third-order valence-corrected chi connectivity index (χ3v) is 4.49. The second kappa shape index (κ2) is 7.67. The van der Waals surface area contributed by atoms with Gasteiger partial charge in [0.05, 0.1) is 5.75 Å². The molecule has 25 heavy (non-hydrogen) atoms. The number of carbonyl (C=O) groups excluding carboxylic acids is 1. The maximum Gasteiger partial charge on any atom is 0.277 e. The summed E-state index contributed by atoms with van der Waals surface area (Å²) in [4.78, 5) is 12.0. The van der Waals surface area contributed by atoms with E-state index in [0.717, 1.165) is 17.3 Å². The van der Waals surface area contributed by atoms with Crippen molar-refractivity contribution in [3.05, 3.63) is 58.9 Å². The molecule has 8 heteroatoms. The minimum atomic E-state index is -0.388. The van der Waals surface area contributed by atoms with Crippen LogP contribution >= 0.6 is 23.4 Å². The molecule has 128 valence electrons. The van der Waals surface area contributed by atoms with Gasteiger partial charge in [0.15, 0.2) is 0 Å². The standard InChI is InChI=1S/C17H13ClFN3O2S/c1-10-5-6-13(8-14(10)18)20-15(23)9-25-17-22-21-16(24-17)11-3-2-4-12(19)7-11/h2-8H,9H2,1H3,(H,20,23). The first-order chi connectivity index (χ1) is 12.0. The maximum absolute atomic E-state index is 13.2. The van der Waals surface area contributed by atoms with Crippen molar-refractivity contribution in [1.29, 1.82) is 0 Å². The predicted octanol–water partition coefficient (Wildman–Crippen LogP) is 4.57. The van der Waals surface area contributed by atoms with Crippen LogP contribution in [-0.4, -0.2) is 21.9 Å². The van der Waals surface area contributed by atoms with E-state index in [0.29, 0.717) is 16.3 Å². The third kappa shape index (κ3) is 4.58. The minimum absolute atomic E-state index is 0.0935. The Kier molecular flexibility index (Phi) is 5.35. The average Bonchev–Trinajstić information content (AvgIpc) is 3.05. The van der Waals surface area contributed by atoms with Crippen molar-refractivity contribution in [3.8, 4) is 11.5 Å². The summed E-state index contributed by atoms with van der Waals surface area (Å²) in [6.07, 6.45) is 0. The van der Waals surface area contributed by atoms with Gasteiger partial charge < -0.3 is 9.73 Å². The molecule has 0 bridgehead atoms. The number of halogens is 2. The van der Waals surface area contributed by atoms with Crippen molar-refractivity contribution in [3.63, 3.8) is 0 Å². The van der Waals surface area contributed by atoms with Crippen LogP contribution in [0.4, 0.5) is 10.1 Å². The molecule has 0 saturated heterocycles. The molecule has 1 heterocycles. The molecule has 0 unspecified atom stereocenters. The molecule has 1 aromatic heterocycles. The van der Waals surface area contributed by atoms with E-state index in [1.807, 2.05) is 13.0 Å². The lowest BCUT2D eigenvalue weighted by molar-refractivity contribution is -0.113. The molecule has 1 amide bonds. The Labute approximate surface area is 152 Å². The van der Waals surface area contributed by atoms with Crippen molar-refractivity contribution >= 4 is 35.0 Å². The molecule has 2 aromatic carbocycles. The number of rotatable bonds is 5. The highest BCUT2D eigenvalue weighted by molar-refractivity contribution is 7.99. The minimum Gasteiger partial charge on any atom is -0.411 e. The van der Waals surface area contributed by atoms with Crippen LogP contribution in [0.3, 0.4) is 0 Å². The topological polar surface area (TPSA) is 68.0 Å². The number of benzene rings is 2. The Morgan fingerprint density at radius 2 is 2.12 bits per heavy atom. The Morgan fingerprint density at radius 3 is 2.88 bits per heavy atom. The van der Waals surface area contributed by atoms with Crippen molar-refractivity contribution in [2.75, 3.05) is 11.1 Å². The quantitative estimate of drug-likeness (QED) is 0.660. The van der Waals surface area contributed by atoms with E-state index in [9.17, 15) is 9.18 Å². The number of nitrogens with zero attached hydrogens (tertiary/aromatic N) is 2. The number of aryl methyl sites for hydroxylation is 1. The van der Waals surface area contributed by atoms with E-state index >= 15 is 0 Å². The second-order valence-corrected chi connectivity index (χ2v) is 6.52. The molecular formula is C17H13ClFN3O2S. The highest BCUT2D eigenvalue weighted by Gasteiger charge is 2.12. The van der Waals surface area contributed by atoms with Gasteiger partial charge in [0.2, 0.25) is 11.8 Å². The summed E-state index contributed by atoms with van der Waals surface area (Å²) in [5, 5.41) is 11.3. The molecule has 0 aliphatic heterocycles. The largest absolute Gasteiger partial charge is 0.411 e. The van der Waals surface area contributed by atoms with Crippen LogP contribution in [0.2, 0.25) is 5.02 Å². The first-order valence-electron chi connectivity index (χ1n) is 7.29. The van der Waals surface area contributed by atoms with Crippen LogP contribution in [0.15, 0.2) is 52.1 Å². The van der Waals surface area contributed by atoms with Crippen molar-refractivity contribution < 1.29 is 13.6 Å². The van der Waals surface area contributed by atoms with Crippen molar-refractivity contribution in [1.82, 2.24) is 10.2 Å². The summed E-state index contributed by atoms with van der Waals surface area (Å²) in [6, 6.07) is 11.1. The van der Waals surface area contributed by atoms with Crippen LogP contribution in [0.25, 0.3) is 11.5 Å². The Bertz CT molecular complexity index is 916. The second-order valence-electron chi connectivity index (χ2n) is 5.18. The van der Waals surface area contributed by atoms with Gasteiger partial charge in [-0.15, -0.1) is 10.2 Å². The van der Waals surface area contributed by atoms with Gasteiger partial charge in [-0.2, -0.15) is 0 Å². The molecular weight excluding hydrogens is 365 g/mol. The Hall–Kier alpha value is -2.38. The van der Waals surface area contributed by atoms with E-state index in [2.05, 4.69) is 15.5 Å². The number of aromatic nitrogens is 2. The molecule has 0 aliphatic rings. The lowest BCUT2D eigenvalue weighted by Crippen LogP contribution is -2.14. The van der Waals surface area contributed by atoms with Crippen molar-refractivity contribution in [2.24, 2.45) is 0 Å². The van der Waals surface area contributed by atoms with Gasteiger partial charge >= 0.3 is 0 Å². The first kappa shape index (κ1) is 17.4. The molecule has 0 fully saturated rings. The number of hydrogen-bond acceptors (Lipinski definition) is 5. The normalized spacial score (nSPS) is 10.7. The molecule has 0 aliphatic carbocycles. The van der Waals surface area contributed by atoms with Gasteiger partial charge in [-0.3, -0.25) is 4.79 Å². The fraction of sp³-hybridized carbons (Fsp3) is 0.118. The van der Waals surface area contributed by atoms with Gasteiger partial charge in [-0.25, -0.2) is 4.39 Å². The molecule has 1 N–H and O–H groups in total. The number of anilines is 1. The number of hydrogen-bond donors (Lipinski definition) is 1. The third-order valence-electron chi connectivity index (χ3n) is 3.26. The van der Waals surface area contributed by atoms with E-state index in [4.69, 9.17) is 16.0 Å². The molecule has 3 rings (SSSR count). The van der Waals surface area contributed by atoms with Crippen LogP contribution in [0.1, 0.15) is 5.56 Å². The molecule has 3 aromatic rings.